The fourth-order valence-corrected chi connectivity index (χ4v) is 2.88. The molecule has 0 atom stereocenters. The minimum absolute atomic E-state index is 0.0515. The van der Waals surface area contributed by atoms with Gasteiger partial charge in [0, 0.05) is 16.8 Å². The van der Waals surface area contributed by atoms with Gasteiger partial charge < -0.3 is 11.1 Å². The van der Waals surface area contributed by atoms with Crippen molar-refractivity contribution >= 4 is 11.6 Å². The van der Waals surface area contributed by atoms with E-state index in [-0.39, 0.29) is 11.4 Å². The number of anilines is 1. The van der Waals surface area contributed by atoms with Crippen molar-refractivity contribution in [2.45, 2.75) is 31.7 Å². The van der Waals surface area contributed by atoms with Gasteiger partial charge in [-0.05, 0) is 55.9 Å². The summed E-state index contributed by atoms with van der Waals surface area (Å²) in [5, 5.41) is 3.16. The zero-order valence-corrected chi connectivity index (χ0v) is 9.42. The van der Waals surface area contributed by atoms with Crippen molar-refractivity contribution in [1.29, 1.82) is 0 Å². The highest BCUT2D eigenvalue weighted by atomic mass is 16.1. The van der Waals surface area contributed by atoms with Crippen LogP contribution in [0.25, 0.3) is 0 Å². The van der Waals surface area contributed by atoms with Gasteiger partial charge >= 0.3 is 0 Å². The van der Waals surface area contributed by atoms with E-state index >= 15 is 0 Å². The van der Waals surface area contributed by atoms with E-state index in [4.69, 9.17) is 5.73 Å². The van der Waals surface area contributed by atoms with Gasteiger partial charge in [0.15, 0.2) is 0 Å². The van der Waals surface area contributed by atoms with Crippen molar-refractivity contribution in [3.05, 3.63) is 29.3 Å². The SMILES string of the molecule is Cc1cc(N)ccc1C(=O)NC12CC(C1)C2. The molecule has 3 aliphatic carbocycles. The number of carbonyl (C=O) groups is 1. The van der Waals surface area contributed by atoms with Crippen LogP contribution in [0.3, 0.4) is 0 Å². The molecule has 3 saturated carbocycles. The highest BCUT2D eigenvalue weighted by Crippen LogP contribution is 2.56. The Morgan fingerprint density at radius 3 is 2.62 bits per heavy atom. The zero-order valence-electron chi connectivity index (χ0n) is 9.42. The summed E-state index contributed by atoms with van der Waals surface area (Å²) in [6.07, 6.45) is 3.52. The summed E-state index contributed by atoms with van der Waals surface area (Å²) in [6, 6.07) is 5.44. The molecule has 0 aromatic heterocycles. The van der Waals surface area contributed by atoms with E-state index in [1.54, 1.807) is 6.07 Å². The van der Waals surface area contributed by atoms with Crippen molar-refractivity contribution < 1.29 is 4.79 Å². The average molecular weight is 216 g/mol. The molecule has 1 amide bonds. The Morgan fingerprint density at radius 1 is 1.44 bits per heavy atom. The Bertz CT molecular complexity index is 450. The molecule has 3 aliphatic rings. The number of amides is 1. The first-order valence-corrected chi connectivity index (χ1v) is 5.77. The van der Waals surface area contributed by atoms with E-state index in [1.165, 1.54) is 19.3 Å². The third-order valence-electron chi connectivity index (χ3n) is 3.91. The van der Waals surface area contributed by atoms with Gasteiger partial charge in [-0.3, -0.25) is 4.79 Å². The van der Waals surface area contributed by atoms with Crippen LogP contribution in [-0.4, -0.2) is 11.4 Å². The third-order valence-corrected chi connectivity index (χ3v) is 3.91. The summed E-state index contributed by atoms with van der Waals surface area (Å²) >= 11 is 0. The van der Waals surface area contributed by atoms with Gasteiger partial charge in [-0.15, -0.1) is 0 Å². The van der Waals surface area contributed by atoms with Gasteiger partial charge in [-0.1, -0.05) is 0 Å². The van der Waals surface area contributed by atoms with Gasteiger partial charge in [0.25, 0.3) is 5.91 Å². The zero-order chi connectivity index (χ0) is 11.3. The van der Waals surface area contributed by atoms with Gasteiger partial charge in [0.05, 0.1) is 0 Å². The number of nitrogens with two attached hydrogens (primary N) is 1. The van der Waals surface area contributed by atoms with Crippen LogP contribution in [0.4, 0.5) is 5.69 Å². The first-order chi connectivity index (χ1) is 7.58. The van der Waals surface area contributed by atoms with Crippen molar-refractivity contribution in [1.82, 2.24) is 5.32 Å². The maximum atomic E-state index is 12.1. The molecule has 16 heavy (non-hydrogen) atoms. The molecule has 3 N–H and O–H groups in total. The van der Waals surface area contributed by atoms with Crippen LogP contribution in [0.1, 0.15) is 35.2 Å². The average Bonchev–Trinajstić information content (AvgIpc) is 2.09. The molecule has 0 radical (unpaired) electrons. The molecule has 0 spiro atoms. The molecule has 4 rings (SSSR count). The number of nitrogens with one attached hydrogen (secondary N) is 1. The monoisotopic (exact) mass is 216 g/mol. The second kappa shape index (κ2) is 3.00. The fourth-order valence-electron chi connectivity index (χ4n) is 2.88. The largest absolute Gasteiger partial charge is 0.399 e. The molecule has 0 heterocycles. The Hall–Kier alpha value is -1.51. The maximum absolute atomic E-state index is 12.1. The molecular weight excluding hydrogens is 200 g/mol. The number of carbonyl (C=O) groups excluding carboxylic acids is 1. The topological polar surface area (TPSA) is 55.1 Å². The molecule has 1 aromatic carbocycles. The van der Waals surface area contributed by atoms with E-state index in [0.717, 1.165) is 17.0 Å². The minimum atomic E-state index is 0.0515. The first-order valence-electron chi connectivity index (χ1n) is 5.77. The van der Waals surface area contributed by atoms with E-state index in [2.05, 4.69) is 5.32 Å². The summed E-state index contributed by atoms with van der Waals surface area (Å²) in [5.74, 6) is 0.934. The number of hydrogen-bond donors (Lipinski definition) is 2. The summed E-state index contributed by atoms with van der Waals surface area (Å²) < 4.78 is 0. The number of rotatable bonds is 2. The summed E-state index contributed by atoms with van der Waals surface area (Å²) in [4.78, 5) is 12.1. The van der Waals surface area contributed by atoms with Crippen LogP contribution in [0.15, 0.2) is 18.2 Å². The summed E-state index contributed by atoms with van der Waals surface area (Å²) in [6.45, 7) is 1.92. The normalized spacial score (nSPS) is 30.2. The van der Waals surface area contributed by atoms with Crippen LogP contribution in [0, 0.1) is 12.8 Å². The van der Waals surface area contributed by atoms with Gasteiger partial charge in [0.2, 0.25) is 0 Å². The Kier molecular flexibility index (Phi) is 1.82. The number of benzene rings is 1. The highest BCUT2D eigenvalue weighted by Gasteiger charge is 2.57. The van der Waals surface area contributed by atoms with Crippen LogP contribution < -0.4 is 11.1 Å². The lowest BCUT2D eigenvalue weighted by atomic mass is 9.50. The number of nitrogen functional groups attached to an aromatic ring is 1. The summed E-state index contributed by atoms with van der Waals surface area (Å²) in [7, 11) is 0. The molecule has 2 bridgehead atoms. The van der Waals surface area contributed by atoms with Crippen LogP contribution in [0.2, 0.25) is 0 Å². The van der Waals surface area contributed by atoms with Crippen LogP contribution >= 0.6 is 0 Å². The Labute approximate surface area is 95.0 Å². The van der Waals surface area contributed by atoms with Crippen molar-refractivity contribution in [3.8, 4) is 0 Å². The molecule has 0 saturated heterocycles. The van der Waals surface area contributed by atoms with E-state index in [1.807, 2.05) is 19.1 Å². The van der Waals surface area contributed by atoms with Crippen molar-refractivity contribution in [2.24, 2.45) is 5.92 Å². The lowest BCUT2D eigenvalue weighted by Gasteiger charge is -2.61. The molecule has 84 valence electrons. The van der Waals surface area contributed by atoms with E-state index in [0.29, 0.717) is 5.69 Å². The smallest absolute Gasteiger partial charge is 0.251 e. The standard InChI is InChI=1S/C13H16N2O/c1-8-4-10(14)2-3-11(8)12(16)15-13-5-9(6-13)7-13/h2-4,9H,5-7,14H2,1H3,(H,15,16). The lowest BCUT2D eigenvalue weighted by Crippen LogP contribution is -2.68. The van der Waals surface area contributed by atoms with Gasteiger partial charge in [0.1, 0.15) is 0 Å². The predicted octanol–water partition coefficient (Wildman–Crippen LogP) is 1.86. The molecular formula is C13H16N2O. The predicted molar refractivity (Wildman–Crippen MR) is 63.1 cm³/mol. The van der Waals surface area contributed by atoms with Gasteiger partial charge in [-0.25, -0.2) is 0 Å². The molecule has 3 fully saturated rings. The molecule has 3 nitrogen and oxygen atoms in total. The van der Waals surface area contributed by atoms with Crippen molar-refractivity contribution in [3.63, 3.8) is 0 Å². The highest BCUT2D eigenvalue weighted by molar-refractivity contribution is 5.96. The van der Waals surface area contributed by atoms with Crippen molar-refractivity contribution in [2.75, 3.05) is 5.73 Å². The number of hydrogen-bond acceptors (Lipinski definition) is 2. The molecule has 3 heteroatoms. The Morgan fingerprint density at radius 2 is 2.12 bits per heavy atom. The Balaban J connectivity index is 1.78. The first kappa shape index (κ1) is 9.70. The van der Waals surface area contributed by atoms with Gasteiger partial charge in [-0.2, -0.15) is 0 Å². The second-order valence-electron chi connectivity index (χ2n) is 5.29. The quantitative estimate of drug-likeness (QED) is 0.741. The lowest BCUT2D eigenvalue weighted by molar-refractivity contribution is -0.0438. The molecule has 0 aliphatic heterocycles. The van der Waals surface area contributed by atoms with Crippen LogP contribution in [-0.2, 0) is 0 Å². The number of aryl methyl sites for hydroxylation is 1. The van der Waals surface area contributed by atoms with Crippen LogP contribution in [0.5, 0.6) is 0 Å². The maximum Gasteiger partial charge on any atom is 0.251 e. The third kappa shape index (κ3) is 1.31. The second-order valence-corrected chi connectivity index (χ2v) is 5.29. The van der Waals surface area contributed by atoms with E-state index in [9.17, 15) is 4.79 Å². The molecule has 0 unspecified atom stereocenters. The molecule has 1 aromatic rings. The fraction of sp³-hybridized carbons (Fsp3) is 0.462. The van der Waals surface area contributed by atoms with E-state index < -0.39 is 0 Å². The summed E-state index contributed by atoms with van der Waals surface area (Å²) in [5.41, 5.74) is 8.22. The minimum Gasteiger partial charge on any atom is -0.399 e.